The van der Waals surface area contributed by atoms with Crippen LogP contribution >= 0.6 is 11.6 Å². The number of halogens is 1. The van der Waals surface area contributed by atoms with Crippen molar-refractivity contribution in [3.63, 3.8) is 0 Å². The highest BCUT2D eigenvalue weighted by atomic mass is 35.5. The first-order valence-electron chi connectivity index (χ1n) is 6.77. The normalized spacial score (nSPS) is 15.4. The molecule has 1 nitrogen and oxygen atoms in total. The van der Waals surface area contributed by atoms with Gasteiger partial charge in [0, 0.05) is 10.6 Å². The predicted molar refractivity (Wildman–Crippen MR) is 81.2 cm³/mol. The Morgan fingerprint density at radius 1 is 1.17 bits per heavy atom. The van der Waals surface area contributed by atoms with Crippen LogP contribution in [0.1, 0.15) is 40.2 Å². The van der Waals surface area contributed by atoms with E-state index in [9.17, 15) is 0 Å². The van der Waals surface area contributed by atoms with Crippen molar-refractivity contribution < 1.29 is 0 Å². The summed E-state index contributed by atoms with van der Waals surface area (Å²) in [4.78, 5) is 0. The Morgan fingerprint density at radius 3 is 2.39 bits per heavy atom. The summed E-state index contributed by atoms with van der Waals surface area (Å²) in [7, 11) is 0. The molecule has 0 aliphatic rings. The van der Waals surface area contributed by atoms with Crippen molar-refractivity contribution >= 4 is 11.6 Å². The average molecular weight is 268 g/mol. The molecule has 0 aliphatic heterocycles. The lowest BCUT2D eigenvalue weighted by Gasteiger charge is -2.26. The van der Waals surface area contributed by atoms with Gasteiger partial charge < -0.3 is 5.32 Å². The van der Waals surface area contributed by atoms with E-state index in [2.05, 4.69) is 52.1 Å². The van der Waals surface area contributed by atoms with Crippen LogP contribution in [0.15, 0.2) is 24.3 Å². The van der Waals surface area contributed by atoms with Gasteiger partial charge in [-0.05, 0) is 63.3 Å². The lowest BCUT2D eigenvalue weighted by Crippen LogP contribution is -2.40. The molecular formula is C16H26ClN. The summed E-state index contributed by atoms with van der Waals surface area (Å²) >= 11 is 6.02. The molecular weight excluding hydrogens is 242 g/mol. The molecule has 0 heterocycles. The van der Waals surface area contributed by atoms with Gasteiger partial charge in [-0.2, -0.15) is 0 Å². The molecule has 1 aromatic rings. The van der Waals surface area contributed by atoms with Crippen molar-refractivity contribution in [2.45, 2.75) is 46.6 Å². The van der Waals surface area contributed by atoms with Crippen molar-refractivity contribution in [1.82, 2.24) is 5.32 Å². The van der Waals surface area contributed by atoms with Crippen LogP contribution in [-0.2, 0) is 6.42 Å². The van der Waals surface area contributed by atoms with Crippen molar-refractivity contribution in [2.24, 2.45) is 11.8 Å². The molecule has 0 spiro atoms. The molecule has 0 aromatic heterocycles. The Balaban J connectivity index is 2.47. The first kappa shape index (κ1) is 15.5. The van der Waals surface area contributed by atoms with Crippen LogP contribution in [0.25, 0.3) is 0 Å². The van der Waals surface area contributed by atoms with E-state index in [4.69, 9.17) is 11.6 Å². The Hall–Kier alpha value is -0.530. The summed E-state index contributed by atoms with van der Waals surface area (Å²) in [5.74, 6) is 1.31. The average Bonchev–Trinajstić information content (AvgIpc) is 2.24. The fourth-order valence-corrected chi connectivity index (χ4v) is 2.12. The third kappa shape index (κ3) is 5.88. The summed E-state index contributed by atoms with van der Waals surface area (Å²) in [6, 6.07) is 8.19. The zero-order chi connectivity index (χ0) is 13.8. The maximum Gasteiger partial charge on any atom is 0.0408 e. The van der Waals surface area contributed by atoms with E-state index in [1.807, 2.05) is 12.1 Å². The molecule has 0 saturated carbocycles. The lowest BCUT2D eigenvalue weighted by atomic mass is 9.89. The minimum Gasteiger partial charge on any atom is -0.312 e. The van der Waals surface area contributed by atoms with Crippen LogP contribution in [0.2, 0.25) is 5.02 Å². The quantitative estimate of drug-likeness (QED) is 0.826. The molecule has 1 rings (SSSR count). The third-order valence-electron chi connectivity index (χ3n) is 3.37. The number of nitrogens with one attached hydrogen (secondary N) is 1. The molecule has 2 heteroatoms. The Morgan fingerprint density at radius 2 is 1.83 bits per heavy atom. The number of hydrogen-bond acceptors (Lipinski definition) is 1. The molecule has 2 atom stereocenters. The summed E-state index contributed by atoms with van der Waals surface area (Å²) in [5, 5.41) is 4.41. The second-order valence-electron chi connectivity index (χ2n) is 6.42. The van der Waals surface area contributed by atoms with Crippen LogP contribution in [-0.4, -0.2) is 12.1 Å². The molecule has 1 N–H and O–H groups in total. The maximum absolute atomic E-state index is 6.02. The van der Waals surface area contributed by atoms with Crippen molar-refractivity contribution in [1.29, 1.82) is 0 Å². The zero-order valence-corrected chi connectivity index (χ0v) is 13.0. The Kier molecular flexibility index (Phi) is 5.68. The van der Waals surface area contributed by atoms with E-state index >= 15 is 0 Å². The van der Waals surface area contributed by atoms with Gasteiger partial charge in [0.25, 0.3) is 0 Å². The van der Waals surface area contributed by atoms with Gasteiger partial charge in [0.1, 0.15) is 0 Å². The van der Waals surface area contributed by atoms with E-state index in [1.165, 1.54) is 5.56 Å². The maximum atomic E-state index is 6.02. The van der Waals surface area contributed by atoms with Gasteiger partial charge in [-0.3, -0.25) is 0 Å². The topological polar surface area (TPSA) is 12.0 Å². The second kappa shape index (κ2) is 6.58. The van der Waals surface area contributed by atoms with Crippen LogP contribution in [0, 0.1) is 11.8 Å². The second-order valence-corrected chi connectivity index (χ2v) is 6.86. The molecule has 1 aromatic carbocycles. The van der Waals surface area contributed by atoms with E-state index in [0.29, 0.717) is 11.8 Å². The molecule has 2 unspecified atom stereocenters. The van der Waals surface area contributed by atoms with Crippen molar-refractivity contribution in [3.05, 3.63) is 34.9 Å². The van der Waals surface area contributed by atoms with E-state index in [-0.39, 0.29) is 5.54 Å². The molecule has 0 aliphatic carbocycles. The monoisotopic (exact) mass is 267 g/mol. The highest BCUT2D eigenvalue weighted by Gasteiger charge is 2.16. The third-order valence-corrected chi connectivity index (χ3v) is 3.61. The molecule has 102 valence electrons. The van der Waals surface area contributed by atoms with Crippen molar-refractivity contribution in [3.8, 4) is 0 Å². The van der Waals surface area contributed by atoms with Crippen LogP contribution in [0.5, 0.6) is 0 Å². The highest BCUT2D eigenvalue weighted by molar-refractivity contribution is 6.30. The molecule has 0 fully saturated rings. The zero-order valence-electron chi connectivity index (χ0n) is 12.3. The molecule has 18 heavy (non-hydrogen) atoms. The largest absolute Gasteiger partial charge is 0.312 e. The van der Waals surface area contributed by atoms with E-state index in [1.54, 1.807) is 0 Å². The van der Waals surface area contributed by atoms with Crippen LogP contribution < -0.4 is 5.32 Å². The van der Waals surface area contributed by atoms with Gasteiger partial charge in [0.2, 0.25) is 0 Å². The summed E-state index contributed by atoms with van der Waals surface area (Å²) in [6.45, 7) is 12.3. The Bertz CT molecular complexity index is 368. The van der Waals surface area contributed by atoms with Crippen LogP contribution in [0.3, 0.4) is 0 Å². The summed E-state index contributed by atoms with van der Waals surface area (Å²) < 4.78 is 0. The fourth-order valence-electron chi connectivity index (χ4n) is 1.91. The summed E-state index contributed by atoms with van der Waals surface area (Å²) in [6.07, 6.45) is 1.09. The van der Waals surface area contributed by atoms with Crippen molar-refractivity contribution in [2.75, 3.05) is 6.54 Å². The van der Waals surface area contributed by atoms with Crippen LogP contribution in [0.4, 0.5) is 0 Å². The predicted octanol–water partition coefficient (Wildman–Crippen LogP) is 4.54. The van der Waals surface area contributed by atoms with Gasteiger partial charge in [-0.1, -0.05) is 37.6 Å². The number of rotatable bonds is 5. The SMILES string of the molecule is CC(CNC(C)(C)C)C(C)Cc1cccc(Cl)c1. The first-order chi connectivity index (χ1) is 8.28. The van der Waals surface area contributed by atoms with Gasteiger partial charge in [0.05, 0.1) is 0 Å². The molecule has 0 amide bonds. The van der Waals surface area contributed by atoms with Gasteiger partial charge in [-0.15, -0.1) is 0 Å². The first-order valence-corrected chi connectivity index (χ1v) is 7.15. The van der Waals surface area contributed by atoms with Gasteiger partial charge in [0.15, 0.2) is 0 Å². The molecule has 0 saturated heterocycles. The van der Waals surface area contributed by atoms with E-state index in [0.717, 1.165) is 18.0 Å². The standard InChI is InChI=1S/C16H26ClN/c1-12(13(2)11-18-16(3,4)5)9-14-7-6-8-15(17)10-14/h6-8,10,12-13,18H,9,11H2,1-5H3. The molecule has 0 bridgehead atoms. The number of benzene rings is 1. The minimum absolute atomic E-state index is 0.198. The molecule has 0 radical (unpaired) electrons. The fraction of sp³-hybridized carbons (Fsp3) is 0.625. The highest BCUT2D eigenvalue weighted by Crippen LogP contribution is 2.19. The minimum atomic E-state index is 0.198. The van der Waals surface area contributed by atoms with Gasteiger partial charge in [-0.25, -0.2) is 0 Å². The lowest BCUT2D eigenvalue weighted by molar-refractivity contribution is 0.317. The van der Waals surface area contributed by atoms with E-state index < -0.39 is 0 Å². The smallest absolute Gasteiger partial charge is 0.0408 e. The number of hydrogen-bond donors (Lipinski definition) is 1. The Labute approximate surface area is 117 Å². The van der Waals surface area contributed by atoms with Gasteiger partial charge >= 0.3 is 0 Å². The summed E-state index contributed by atoms with van der Waals surface area (Å²) in [5.41, 5.74) is 1.53.